The molecule has 0 unspecified atom stereocenters. The first-order chi connectivity index (χ1) is 11.1. The highest BCUT2D eigenvalue weighted by Crippen LogP contribution is 2.20. The summed E-state index contributed by atoms with van der Waals surface area (Å²) in [6, 6.07) is 12.6. The summed E-state index contributed by atoms with van der Waals surface area (Å²) >= 11 is 0. The second-order valence-electron chi connectivity index (χ2n) is 4.77. The Morgan fingerprint density at radius 1 is 1.04 bits per heavy atom. The van der Waals surface area contributed by atoms with Gasteiger partial charge in [0, 0.05) is 34.5 Å². The van der Waals surface area contributed by atoms with Crippen molar-refractivity contribution in [1.82, 2.24) is 4.98 Å². The lowest BCUT2D eigenvalue weighted by molar-refractivity contribution is -0.0497. The van der Waals surface area contributed by atoms with Gasteiger partial charge in [-0.25, -0.2) is 4.79 Å². The van der Waals surface area contributed by atoms with Crippen molar-refractivity contribution < 1.29 is 18.3 Å². The lowest BCUT2D eigenvalue weighted by atomic mass is 10.2. The Balaban J connectivity index is 1.66. The second kappa shape index (κ2) is 6.35. The first kappa shape index (κ1) is 14.8. The summed E-state index contributed by atoms with van der Waals surface area (Å²) in [6.07, 6.45) is 1.81. The Kier molecular flexibility index (Phi) is 4.09. The van der Waals surface area contributed by atoms with Crippen LogP contribution in [0.3, 0.4) is 0 Å². The van der Waals surface area contributed by atoms with Crippen LogP contribution < -0.4 is 15.4 Å². The number of aromatic nitrogens is 1. The van der Waals surface area contributed by atoms with Crippen molar-refractivity contribution in [2.24, 2.45) is 0 Å². The standard InChI is InChI=1S/C16H13F2N3O2/c17-15(18)23-13-3-1-2-11(9-13)20-16(22)21-12-4-5-14-10(8-12)6-7-19-14/h1-9,15,19H,(H2,20,21,22). The van der Waals surface area contributed by atoms with Gasteiger partial charge in [-0.15, -0.1) is 0 Å². The highest BCUT2D eigenvalue weighted by molar-refractivity contribution is 6.01. The van der Waals surface area contributed by atoms with Gasteiger partial charge < -0.3 is 20.4 Å². The molecule has 2 amide bonds. The van der Waals surface area contributed by atoms with E-state index in [1.54, 1.807) is 12.1 Å². The molecule has 3 rings (SSSR count). The molecule has 0 saturated heterocycles. The van der Waals surface area contributed by atoms with E-state index in [1.807, 2.05) is 24.4 Å². The minimum Gasteiger partial charge on any atom is -0.435 e. The summed E-state index contributed by atoms with van der Waals surface area (Å²) in [5.74, 6) is -0.0217. The van der Waals surface area contributed by atoms with Gasteiger partial charge in [0.1, 0.15) is 5.75 Å². The first-order valence-corrected chi connectivity index (χ1v) is 6.80. The van der Waals surface area contributed by atoms with E-state index < -0.39 is 12.6 Å². The maximum absolute atomic E-state index is 12.2. The Hall–Kier alpha value is -3.09. The molecule has 0 fully saturated rings. The Labute approximate surface area is 130 Å². The lowest BCUT2D eigenvalue weighted by Gasteiger charge is -2.09. The molecule has 7 heteroatoms. The molecule has 0 spiro atoms. The summed E-state index contributed by atoms with van der Waals surface area (Å²) < 4.78 is 28.6. The zero-order valence-corrected chi connectivity index (χ0v) is 11.8. The number of anilines is 2. The van der Waals surface area contributed by atoms with Crippen molar-refractivity contribution in [2.75, 3.05) is 10.6 Å². The molecule has 3 aromatic rings. The number of carbonyl (C=O) groups is 1. The molecule has 1 aromatic heterocycles. The molecule has 0 aliphatic heterocycles. The fourth-order valence-electron chi connectivity index (χ4n) is 2.17. The van der Waals surface area contributed by atoms with Crippen molar-refractivity contribution in [2.45, 2.75) is 6.61 Å². The fraction of sp³-hybridized carbons (Fsp3) is 0.0625. The average molecular weight is 317 g/mol. The molecule has 1 heterocycles. The Bertz CT molecular complexity index is 833. The van der Waals surface area contributed by atoms with Crippen LogP contribution >= 0.6 is 0 Å². The number of rotatable bonds is 4. The summed E-state index contributed by atoms with van der Waals surface area (Å²) in [6.45, 7) is -2.91. The van der Waals surface area contributed by atoms with Gasteiger partial charge >= 0.3 is 12.6 Å². The van der Waals surface area contributed by atoms with Crippen LogP contribution in [0.4, 0.5) is 25.0 Å². The zero-order valence-electron chi connectivity index (χ0n) is 11.8. The van der Waals surface area contributed by atoms with E-state index in [-0.39, 0.29) is 5.75 Å². The molecule has 5 nitrogen and oxygen atoms in total. The van der Waals surface area contributed by atoms with Crippen molar-refractivity contribution in [3.63, 3.8) is 0 Å². The van der Waals surface area contributed by atoms with Crippen LogP contribution in [0, 0.1) is 0 Å². The number of fused-ring (bicyclic) bond motifs is 1. The van der Waals surface area contributed by atoms with Gasteiger partial charge in [0.15, 0.2) is 0 Å². The molecular weight excluding hydrogens is 304 g/mol. The summed E-state index contributed by atoms with van der Waals surface area (Å²) in [7, 11) is 0. The number of amides is 2. The first-order valence-electron chi connectivity index (χ1n) is 6.80. The van der Waals surface area contributed by atoms with E-state index in [4.69, 9.17) is 0 Å². The van der Waals surface area contributed by atoms with E-state index in [0.29, 0.717) is 11.4 Å². The van der Waals surface area contributed by atoms with Crippen LogP contribution in [-0.2, 0) is 0 Å². The minimum absolute atomic E-state index is 0.0217. The van der Waals surface area contributed by atoms with E-state index in [9.17, 15) is 13.6 Å². The van der Waals surface area contributed by atoms with Crippen molar-refractivity contribution >= 4 is 28.3 Å². The molecule has 23 heavy (non-hydrogen) atoms. The van der Waals surface area contributed by atoms with Crippen LogP contribution in [0.1, 0.15) is 0 Å². The summed E-state index contributed by atoms with van der Waals surface area (Å²) in [4.78, 5) is 15.0. The van der Waals surface area contributed by atoms with Crippen LogP contribution in [0.2, 0.25) is 0 Å². The molecule has 0 aliphatic rings. The number of urea groups is 1. The molecule has 0 atom stereocenters. The monoisotopic (exact) mass is 317 g/mol. The number of alkyl halides is 2. The topological polar surface area (TPSA) is 66.2 Å². The summed E-state index contributed by atoms with van der Waals surface area (Å²) in [5, 5.41) is 6.21. The predicted octanol–water partition coefficient (Wildman–Crippen LogP) is 4.41. The van der Waals surface area contributed by atoms with E-state index in [0.717, 1.165) is 10.9 Å². The largest absolute Gasteiger partial charge is 0.435 e. The van der Waals surface area contributed by atoms with Crippen LogP contribution in [0.25, 0.3) is 10.9 Å². The van der Waals surface area contributed by atoms with Gasteiger partial charge in [0.25, 0.3) is 0 Å². The van der Waals surface area contributed by atoms with E-state index in [1.165, 1.54) is 18.2 Å². The summed E-state index contributed by atoms with van der Waals surface area (Å²) in [5.41, 5.74) is 1.94. The van der Waals surface area contributed by atoms with Crippen molar-refractivity contribution in [3.05, 3.63) is 54.7 Å². The number of aromatic amines is 1. The number of benzene rings is 2. The number of ether oxygens (including phenoxy) is 1. The normalized spacial score (nSPS) is 10.7. The van der Waals surface area contributed by atoms with Gasteiger partial charge in [0.2, 0.25) is 0 Å². The van der Waals surface area contributed by atoms with Crippen LogP contribution in [0.5, 0.6) is 5.75 Å². The SMILES string of the molecule is O=C(Nc1cccc(OC(F)F)c1)Nc1ccc2[nH]ccc2c1. The Morgan fingerprint density at radius 2 is 1.83 bits per heavy atom. The van der Waals surface area contributed by atoms with Crippen molar-refractivity contribution in [1.29, 1.82) is 0 Å². The third kappa shape index (κ3) is 3.76. The second-order valence-corrected chi connectivity index (χ2v) is 4.77. The Morgan fingerprint density at radius 3 is 2.61 bits per heavy atom. The number of carbonyl (C=O) groups excluding carboxylic acids is 1. The van der Waals surface area contributed by atoms with Crippen LogP contribution in [0.15, 0.2) is 54.7 Å². The quantitative estimate of drug-likeness (QED) is 0.667. The maximum atomic E-state index is 12.2. The molecule has 0 aliphatic carbocycles. The smallest absolute Gasteiger partial charge is 0.387 e. The molecule has 0 radical (unpaired) electrons. The molecular formula is C16H13F2N3O2. The minimum atomic E-state index is -2.91. The van der Waals surface area contributed by atoms with Gasteiger partial charge in [-0.05, 0) is 36.4 Å². The molecule has 0 saturated carbocycles. The van der Waals surface area contributed by atoms with Crippen molar-refractivity contribution in [3.8, 4) is 5.75 Å². The number of H-pyrrole nitrogens is 1. The van der Waals surface area contributed by atoms with Gasteiger partial charge in [0.05, 0.1) is 0 Å². The van der Waals surface area contributed by atoms with E-state index in [2.05, 4.69) is 20.4 Å². The lowest BCUT2D eigenvalue weighted by Crippen LogP contribution is -2.19. The molecule has 3 N–H and O–H groups in total. The zero-order chi connectivity index (χ0) is 16.2. The fourth-order valence-corrected chi connectivity index (χ4v) is 2.17. The molecule has 2 aromatic carbocycles. The highest BCUT2D eigenvalue weighted by Gasteiger charge is 2.07. The van der Waals surface area contributed by atoms with Gasteiger partial charge in [-0.2, -0.15) is 8.78 Å². The number of halogens is 2. The highest BCUT2D eigenvalue weighted by atomic mass is 19.3. The third-order valence-corrected chi connectivity index (χ3v) is 3.13. The van der Waals surface area contributed by atoms with E-state index >= 15 is 0 Å². The maximum Gasteiger partial charge on any atom is 0.387 e. The van der Waals surface area contributed by atoms with Crippen LogP contribution in [-0.4, -0.2) is 17.6 Å². The average Bonchev–Trinajstić information content (AvgIpc) is 2.94. The number of nitrogens with one attached hydrogen (secondary N) is 3. The number of hydrogen-bond donors (Lipinski definition) is 3. The molecule has 118 valence electrons. The van der Waals surface area contributed by atoms with Gasteiger partial charge in [-0.1, -0.05) is 6.07 Å². The van der Waals surface area contributed by atoms with Gasteiger partial charge in [-0.3, -0.25) is 0 Å². The molecule has 0 bridgehead atoms. The predicted molar refractivity (Wildman–Crippen MR) is 84.0 cm³/mol. The third-order valence-electron chi connectivity index (χ3n) is 3.13. The number of hydrogen-bond acceptors (Lipinski definition) is 2.